The number of ether oxygens (including phenoxy) is 1. The molecule has 1 heterocycles. The molecule has 1 aromatic heterocycles. The average molecular weight is 514 g/mol. The fourth-order valence-electron chi connectivity index (χ4n) is 2.85. The van der Waals surface area contributed by atoms with Crippen molar-refractivity contribution in [2.45, 2.75) is 39.2 Å². The smallest absolute Gasteiger partial charge is 0.410 e. The lowest BCUT2D eigenvalue weighted by Gasteiger charge is -2.24. The Hall–Kier alpha value is -3.84. The third kappa shape index (κ3) is 9.43. The summed E-state index contributed by atoms with van der Waals surface area (Å²) in [4.78, 5) is 33.6. The minimum atomic E-state index is -0.615. The number of aromatic nitrogens is 2. The first-order valence-corrected chi connectivity index (χ1v) is 11.7. The number of likely N-dealkylation sites (N-methyl/N-ethyl adjacent to an activating group) is 1. The summed E-state index contributed by atoms with van der Waals surface area (Å²) in [5.41, 5.74) is 2.20. The van der Waals surface area contributed by atoms with Crippen LogP contribution in [0, 0.1) is 17.3 Å². The maximum absolute atomic E-state index is 12.0. The van der Waals surface area contributed by atoms with Crippen molar-refractivity contribution in [1.29, 1.82) is 5.41 Å². The van der Waals surface area contributed by atoms with Crippen LogP contribution in [0.15, 0.2) is 24.4 Å². The van der Waals surface area contributed by atoms with Crippen LogP contribution in [0.25, 0.3) is 0 Å². The van der Waals surface area contributed by atoms with E-state index in [1.807, 2.05) is 18.2 Å². The van der Waals surface area contributed by atoms with E-state index in [0.29, 0.717) is 30.9 Å². The number of halogens is 1. The van der Waals surface area contributed by atoms with E-state index in [2.05, 4.69) is 37.8 Å². The monoisotopic (exact) mass is 513 g/mol. The first-order valence-electron chi connectivity index (χ1n) is 11.3. The lowest BCUT2D eigenvalue weighted by atomic mass is 10.1. The summed E-state index contributed by atoms with van der Waals surface area (Å²) >= 11 is 6.26. The van der Waals surface area contributed by atoms with Gasteiger partial charge >= 0.3 is 6.09 Å². The number of benzene rings is 1. The number of anilines is 3. The molecule has 11 heteroatoms. The third-order valence-electron chi connectivity index (χ3n) is 4.59. The lowest BCUT2D eigenvalue weighted by molar-refractivity contribution is -0.122. The summed E-state index contributed by atoms with van der Waals surface area (Å²) in [5, 5.41) is 16.5. The molecule has 0 bridgehead atoms. The van der Waals surface area contributed by atoms with E-state index in [0.717, 1.165) is 16.9 Å². The topological polar surface area (TPSA) is 132 Å². The van der Waals surface area contributed by atoms with Gasteiger partial charge in [-0.25, -0.2) is 9.78 Å². The van der Waals surface area contributed by atoms with E-state index in [9.17, 15) is 9.59 Å². The Morgan fingerprint density at radius 1 is 1.31 bits per heavy atom. The van der Waals surface area contributed by atoms with Gasteiger partial charge in [0.05, 0.1) is 5.56 Å². The van der Waals surface area contributed by atoms with Crippen molar-refractivity contribution in [3.63, 3.8) is 0 Å². The van der Waals surface area contributed by atoms with Gasteiger partial charge in [-0.05, 0) is 45.4 Å². The molecule has 0 saturated carbocycles. The molecule has 192 valence electrons. The molecule has 0 radical (unpaired) electrons. The molecule has 2 rings (SSSR count). The molecular formula is C25H32ClN7O3. The van der Waals surface area contributed by atoms with Crippen LogP contribution in [0.3, 0.4) is 0 Å². The second kappa shape index (κ2) is 13.3. The molecule has 0 aliphatic rings. The largest absolute Gasteiger partial charge is 0.444 e. The molecule has 0 fully saturated rings. The van der Waals surface area contributed by atoms with E-state index in [4.69, 9.17) is 21.7 Å². The quantitative estimate of drug-likeness (QED) is 0.172. The van der Waals surface area contributed by atoms with Gasteiger partial charge in [0, 0.05) is 56.4 Å². The summed E-state index contributed by atoms with van der Waals surface area (Å²) in [6.45, 7) is 5.64. The van der Waals surface area contributed by atoms with Gasteiger partial charge in [-0.3, -0.25) is 4.79 Å². The molecule has 1 aromatic carbocycles. The number of hydrogen-bond acceptors (Lipinski definition) is 8. The number of unbranched alkanes of at least 4 members (excludes halogenated alkanes) is 1. The van der Waals surface area contributed by atoms with Crippen LogP contribution in [0.2, 0.25) is 5.15 Å². The van der Waals surface area contributed by atoms with E-state index in [1.165, 1.54) is 18.2 Å². The first kappa shape index (κ1) is 28.4. The molecule has 0 saturated heterocycles. The van der Waals surface area contributed by atoms with Crippen molar-refractivity contribution < 1.29 is 14.3 Å². The Kier molecular flexibility index (Phi) is 10.5. The second-order valence-corrected chi connectivity index (χ2v) is 9.17. The number of carbonyl (C=O) groups excluding carboxylic acids is 2. The van der Waals surface area contributed by atoms with E-state index in [1.54, 1.807) is 34.0 Å². The van der Waals surface area contributed by atoms with Gasteiger partial charge in [0.1, 0.15) is 17.3 Å². The normalized spacial score (nSPS) is 10.5. The fourth-order valence-corrected chi connectivity index (χ4v) is 3.02. The molecule has 0 spiro atoms. The van der Waals surface area contributed by atoms with Gasteiger partial charge in [-0.2, -0.15) is 4.98 Å². The van der Waals surface area contributed by atoms with Gasteiger partial charge in [0.2, 0.25) is 11.9 Å². The molecule has 0 aliphatic heterocycles. The van der Waals surface area contributed by atoms with Crippen LogP contribution in [-0.2, 0) is 9.53 Å². The van der Waals surface area contributed by atoms with Gasteiger partial charge in [0.15, 0.2) is 0 Å². The lowest BCUT2D eigenvalue weighted by Crippen LogP contribution is -2.41. The minimum absolute atomic E-state index is 0.0863. The molecule has 0 unspecified atom stereocenters. The molecule has 10 nitrogen and oxygen atoms in total. The zero-order chi connectivity index (χ0) is 26.7. The standard InChI is InChI=1S/C25H32ClN7O3/c1-25(2,3)36-24(35)33(5)16-21(34)29-12-8-6-7-9-18-15-30-23(32-22(18)26)31-19-11-10-17(14-27)20(13-19)28-4/h10-11,13-15,27-28H,6,8,12,16H2,1-5H3,(H,29,34)(H,30,31,32). The summed E-state index contributed by atoms with van der Waals surface area (Å²) in [5.74, 6) is 6.00. The van der Waals surface area contributed by atoms with Crippen molar-refractivity contribution in [3.8, 4) is 11.8 Å². The van der Waals surface area contributed by atoms with Crippen molar-refractivity contribution in [2.24, 2.45) is 0 Å². The zero-order valence-electron chi connectivity index (χ0n) is 21.2. The number of carbonyl (C=O) groups is 2. The Labute approximate surface area is 216 Å². The van der Waals surface area contributed by atoms with Crippen LogP contribution in [0.4, 0.5) is 22.1 Å². The number of nitrogens with one attached hydrogen (secondary N) is 4. The second-order valence-electron chi connectivity index (χ2n) is 8.81. The van der Waals surface area contributed by atoms with Gasteiger partial charge < -0.3 is 31.0 Å². The van der Waals surface area contributed by atoms with Crippen LogP contribution >= 0.6 is 11.6 Å². The fraction of sp³-hybridized carbons (Fsp3) is 0.400. The van der Waals surface area contributed by atoms with Crippen LogP contribution in [0.1, 0.15) is 44.7 Å². The number of nitrogens with zero attached hydrogens (tertiary/aromatic N) is 3. The Balaban J connectivity index is 1.80. The van der Waals surface area contributed by atoms with Crippen molar-refractivity contribution in [1.82, 2.24) is 20.2 Å². The molecule has 0 aliphatic carbocycles. The van der Waals surface area contributed by atoms with E-state index in [-0.39, 0.29) is 17.6 Å². The summed E-state index contributed by atoms with van der Waals surface area (Å²) in [6, 6.07) is 5.48. The Morgan fingerprint density at radius 2 is 2.06 bits per heavy atom. The summed E-state index contributed by atoms with van der Waals surface area (Å²) < 4.78 is 5.22. The maximum Gasteiger partial charge on any atom is 0.410 e. The molecule has 36 heavy (non-hydrogen) atoms. The van der Waals surface area contributed by atoms with Crippen molar-refractivity contribution in [3.05, 3.63) is 40.7 Å². The predicted molar refractivity (Wildman–Crippen MR) is 142 cm³/mol. The minimum Gasteiger partial charge on any atom is -0.444 e. The Bertz CT molecular complexity index is 1150. The highest BCUT2D eigenvalue weighted by molar-refractivity contribution is 6.30. The summed E-state index contributed by atoms with van der Waals surface area (Å²) in [7, 11) is 3.30. The van der Waals surface area contributed by atoms with Crippen LogP contribution < -0.4 is 16.0 Å². The average Bonchev–Trinajstić information content (AvgIpc) is 2.81. The van der Waals surface area contributed by atoms with Gasteiger partial charge in [0.25, 0.3) is 0 Å². The molecule has 0 atom stereocenters. The van der Waals surface area contributed by atoms with Crippen molar-refractivity contribution in [2.75, 3.05) is 37.8 Å². The van der Waals surface area contributed by atoms with Gasteiger partial charge in [-0.15, -0.1) is 0 Å². The predicted octanol–water partition coefficient (Wildman–Crippen LogP) is 4.03. The molecular weight excluding hydrogens is 482 g/mol. The summed E-state index contributed by atoms with van der Waals surface area (Å²) in [6.07, 6.45) is 3.43. The first-order chi connectivity index (χ1) is 17.0. The number of rotatable bonds is 9. The Morgan fingerprint density at radius 3 is 2.69 bits per heavy atom. The SMILES string of the molecule is CNc1cc(Nc2ncc(C#CCCCNC(=O)CN(C)C(=O)OC(C)(C)C)c(Cl)n2)ccc1C=N. The van der Waals surface area contributed by atoms with Crippen LogP contribution in [-0.4, -0.2) is 65.9 Å². The van der Waals surface area contributed by atoms with Gasteiger partial charge in [-0.1, -0.05) is 23.4 Å². The maximum atomic E-state index is 12.0. The highest BCUT2D eigenvalue weighted by atomic mass is 35.5. The van der Waals surface area contributed by atoms with Crippen LogP contribution in [0.5, 0.6) is 0 Å². The highest BCUT2D eigenvalue weighted by Gasteiger charge is 2.20. The van der Waals surface area contributed by atoms with E-state index < -0.39 is 11.7 Å². The molecule has 2 amide bonds. The third-order valence-corrected chi connectivity index (χ3v) is 4.87. The highest BCUT2D eigenvalue weighted by Crippen LogP contribution is 2.22. The zero-order valence-corrected chi connectivity index (χ0v) is 21.9. The number of hydrogen-bond donors (Lipinski definition) is 4. The number of amides is 2. The molecule has 2 aromatic rings. The molecule has 4 N–H and O–H groups in total. The van der Waals surface area contributed by atoms with Crippen molar-refractivity contribution >= 4 is 47.1 Å². The van der Waals surface area contributed by atoms with E-state index >= 15 is 0 Å².